The Balaban J connectivity index is 1.30. The second-order valence-corrected chi connectivity index (χ2v) is 9.14. The van der Waals surface area contributed by atoms with Crippen molar-refractivity contribution in [3.8, 4) is 11.4 Å². The van der Waals surface area contributed by atoms with E-state index in [-0.39, 0.29) is 5.92 Å². The van der Waals surface area contributed by atoms with Crippen LogP contribution in [0.15, 0.2) is 36.4 Å². The maximum absolute atomic E-state index is 12.9. The van der Waals surface area contributed by atoms with Crippen LogP contribution in [0.1, 0.15) is 32.6 Å². The number of aromatic nitrogens is 4. The first-order valence-corrected chi connectivity index (χ1v) is 11.5. The Kier molecular flexibility index (Phi) is 5.52. The van der Waals surface area contributed by atoms with Gasteiger partial charge in [0.1, 0.15) is 5.82 Å². The molecule has 0 radical (unpaired) electrons. The molecule has 2 aliphatic heterocycles. The lowest BCUT2D eigenvalue weighted by Gasteiger charge is -2.37. The third-order valence-electron chi connectivity index (χ3n) is 6.63. The fourth-order valence-electron chi connectivity index (χ4n) is 4.60. The fourth-order valence-corrected chi connectivity index (χ4v) is 4.82. The van der Waals surface area contributed by atoms with Gasteiger partial charge in [0, 0.05) is 37.7 Å². The van der Waals surface area contributed by atoms with Gasteiger partial charge in [0.15, 0.2) is 11.5 Å². The van der Waals surface area contributed by atoms with Crippen LogP contribution >= 0.6 is 11.6 Å². The predicted octanol–water partition coefficient (Wildman–Crippen LogP) is 3.92. The number of carbonyl (C=O) groups excluding carboxylic acids is 1. The van der Waals surface area contributed by atoms with E-state index in [2.05, 4.69) is 26.9 Å². The summed E-state index contributed by atoms with van der Waals surface area (Å²) in [5, 5.41) is 14.0. The van der Waals surface area contributed by atoms with E-state index in [1.54, 1.807) is 4.52 Å². The number of carbonyl (C=O) groups is 1. The van der Waals surface area contributed by atoms with Gasteiger partial charge in [-0.1, -0.05) is 30.7 Å². The summed E-state index contributed by atoms with van der Waals surface area (Å²) < 4.78 is 1.75. The number of nitrogens with zero attached hydrogens (tertiary/aromatic N) is 6. The monoisotopic (exact) mass is 438 g/mol. The summed E-state index contributed by atoms with van der Waals surface area (Å²) in [6.07, 6.45) is 3.98. The van der Waals surface area contributed by atoms with Crippen LogP contribution in [0, 0.1) is 11.8 Å². The molecule has 2 fully saturated rings. The fraction of sp³-hybridized carbons (Fsp3) is 0.478. The summed E-state index contributed by atoms with van der Waals surface area (Å²) >= 11 is 6.37. The van der Waals surface area contributed by atoms with E-state index < -0.39 is 0 Å². The van der Waals surface area contributed by atoms with Crippen molar-refractivity contribution in [1.29, 1.82) is 0 Å². The molecule has 1 amide bonds. The minimum absolute atomic E-state index is 0.127. The van der Waals surface area contributed by atoms with E-state index in [4.69, 9.17) is 16.7 Å². The van der Waals surface area contributed by atoms with Gasteiger partial charge in [-0.25, -0.2) is 0 Å². The smallest absolute Gasteiger partial charge is 0.225 e. The SMILES string of the molecule is CC1CCN(C(=O)C2CCN(c3ccc4nnc(-c5ccccc5Cl)n4n3)CC2)CC1. The molecule has 0 saturated carbocycles. The van der Waals surface area contributed by atoms with Crippen LogP contribution in [0.5, 0.6) is 0 Å². The maximum Gasteiger partial charge on any atom is 0.225 e. The van der Waals surface area contributed by atoms with Crippen LogP contribution in [0.25, 0.3) is 17.0 Å². The van der Waals surface area contributed by atoms with Crippen molar-refractivity contribution >= 4 is 29.0 Å². The Hall–Kier alpha value is -2.67. The molecule has 4 heterocycles. The van der Waals surface area contributed by atoms with Crippen LogP contribution < -0.4 is 4.90 Å². The third kappa shape index (κ3) is 3.99. The molecule has 2 saturated heterocycles. The van der Waals surface area contributed by atoms with Gasteiger partial charge < -0.3 is 9.80 Å². The molecule has 162 valence electrons. The highest BCUT2D eigenvalue weighted by atomic mass is 35.5. The normalized spacial score (nSPS) is 18.6. The second-order valence-electron chi connectivity index (χ2n) is 8.73. The quantitative estimate of drug-likeness (QED) is 0.620. The van der Waals surface area contributed by atoms with E-state index in [9.17, 15) is 4.79 Å². The lowest BCUT2D eigenvalue weighted by Crippen LogP contribution is -2.45. The average molecular weight is 439 g/mol. The number of likely N-dealkylation sites (tertiary alicyclic amines) is 1. The van der Waals surface area contributed by atoms with Crippen LogP contribution in [0.2, 0.25) is 5.02 Å². The van der Waals surface area contributed by atoms with Crippen molar-refractivity contribution in [2.45, 2.75) is 32.6 Å². The minimum atomic E-state index is 0.127. The number of fused-ring (bicyclic) bond motifs is 1. The largest absolute Gasteiger partial charge is 0.355 e. The first kappa shape index (κ1) is 20.2. The zero-order valence-corrected chi connectivity index (χ0v) is 18.5. The summed E-state index contributed by atoms with van der Waals surface area (Å²) in [5.41, 5.74) is 1.49. The van der Waals surface area contributed by atoms with E-state index >= 15 is 0 Å². The first-order chi connectivity index (χ1) is 15.1. The van der Waals surface area contributed by atoms with Crippen molar-refractivity contribution in [3.63, 3.8) is 0 Å². The van der Waals surface area contributed by atoms with Gasteiger partial charge in [-0.05, 0) is 55.9 Å². The average Bonchev–Trinajstić information content (AvgIpc) is 3.23. The van der Waals surface area contributed by atoms with Gasteiger partial charge in [-0.15, -0.1) is 15.3 Å². The van der Waals surface area contributed by atoms with Crippen molar-refractivity contribution in [2.24, 2.45) is 11.8 Å². The van der Waals surface area contributed by atoms with Gasteiger partial charge in [-0.2, -0.15) is 4.52 Å². The number of rotatable bonds is 3. The van der Waals surface area contributed by atoms with Gasteiger partial charge in [0.2, 0.25) is 5.91 Å². The molecule has 5 rings (SSSR count). The Labute approximate surface area is 187 Å². The van der Waals surface area contributed by atoms with Crippen molar-refractivity contribution in [2.75, 3.05) is 31.1 Å². The van der Waals surface area contributed by atoms with E-state index in [1.165, 1.54) is 0 Å². The van der Waals surface area contributed by atoms with Crippen LogP contribution in [0.3, 0.4) is 0 Å². The molecule has 0 aliphatic carbocycles. The number of hydrogen-bond acceptors (Lipinski definition) is 5. The number of benzene rings is 1. The number of piperidine rings is 2. The molecule has 0 N–H and O–H groups in total. The van der Waals surface area contributed by atoms with Crippen LogP contribution in [-0.4, -0.2) is 56.8 Å². The highest BCUT2D eigenvalue weighted by Crippen LogP contribution is 2.28. The third-order valence-corrected chi connectivity index (χ3v) is 6.96. The molecule has 2 aromatic heterocycles. The molecule has 2 aliphatic rings. The molecule has 0 atom stereocenters. The first-order valence-electron chi connectivity index (χ1n) is 11.1. The summed E-state index contributed by atoms with van der Waals surface area (Å²) in [6.45, 7) is 5.75. The molecule has 8 heteroatoms. The molecule has 0 bridgehead atoms. The number of hydrogen-bond donors (Lipinski definition) is 0. The molecule has 0 unspecified atom stereocenters. The zero-order chi connectivity index (χ0) is 21.4. The highest BCUT2D eigenvalue weighted by molar-refractivity contribution is 6.33. The van der Waals surface area contributed by atoms with Gasteiger partial charge in [-0.3, -0.25) is 4.79 Å². The molecule has 1 aromatic carbocycles. The Morgan fingerprint density at radius 3 is 2.45 bits per heavy atom. The van der Waals surface area contributed by atoms with Crippen molar-refractivity contribution < 1.29 is 4.79 Å². The van der Waals surface area contributed by atoms with Gasteiger partial charge in [0.05, 0.1) is 5.02 Å². The number of halogens is 1. The number of amides is 1. The van der Waals surface area contributed by atoms with Crippen LogP contribution in [-0.2, 0) is 4.79 Å². The van der Waals surface area contributed by atoms with E-state index in [0.717, 1.165) is 69.2 Å². The maximum atomic E-state index is 12.9. The Morgan fingerprint density at radius 1 is 0.968 bits per heavy atom. The Bertz CT molecular complexity index is 1080. The zero-order valence-electron chi connectivity index (χ0n) is 17.7. The molecule has 31 heavy (non-hydrogen) atoms. The van der Waals surface area contributed by atoms with E-state index in [0.29, 0.717) is 22.4 Å². The lowest BCUT2D eigenvalue weighted by molar-refractivity contribution is -0.137. The second kappa shape index (κ2) is 8.46. The van der Waals surface area contributed by atoms with Crippen molar-refractivity contribution in [3.05, 3.63) is 41.4 Å². The molecular formula is C23H27ClN6O. The summed E-state index contributed by atoms with van der Waals surface area (Å²) in [6, 6.07) is 11.5. The topological polar surface area (TPSA) is 66.6 Å². The molecule has 0 spiro atoms. The summed E-state index contributed by atoms with van der Waals surface area (Å²) in [4.78, 5) is 17.3. The Morgan fingerprint density at radius 2 is 1.71 bits per heavy atom. The minimum Gasteiger partial charge on any atom is -0.355 e. The number of anilines is 1. The highest BCUT2D eigenvalue weighted by Gasteiger charge is 2.30. The molecule has 7 nitrogen and oxygen atoms in total. The standard InChI is InChI=1S/C23H27ClN6O/c1-16-8-12-29(13-9-16)23(31)17-10-14-28(15-11-17)21-7-6-20-25-26-22(30(20)27-21)18-4-2-3-5-19(18)24/h2-7,16-17H,8-15H2,1H3. The predicted molar refractivity (Wildman–Crippen MR) is 121 cm³/mol. The van der Waals surface area contributed by atoms with Crippen LogP contribution in [0.4, 0.5) is 5.82 Å². The molecular weight excluding hydrogens is 412 g/mol. The summed E-state index contributed by atoms with van der Waals surface area (Å²) in [5.74, 6) is 2.71. The summed E-state index contributed by atoms with van der Waals surface area (Å²) in [7, 11) is 0. The molecule has 3 aromatic rings. The van der Waals surface area contributed by atoms with Gasteiger partial charge in [0.25, 0.3) is 0 Å². The van der Waals surface area contributed by atoms with E-state index in [1.807, 2.05) is 36.4 Å². The lowest BCUT2D eigenvalue weighted by atomic mass is 9.92. The van der Waals surface area contributed by atoms with Gasteiger partial charge >= 0.3 is 0 Å². The van der Waals surface area contributed by atoms with Crippen molar-refractivity contribution in [1.82, 2.24) is 24.7 Å².